The van der Waals surface area contributed by atoms with Gasteiger partial charge in [-0.05, 0) is 55.7 Å². The van der Waals surface area contributed by atoms with Crippen molar-refractivity contribution in [3.63, 3.8) is 0 Å². The van der Waals surface area contributed by atoms with Gasteiger partial charge in [-0.3, -0.25) is 14.2 Å². The van der Waals surface area contributed by atoms with E-state index in [2.05, 4.69) is 10.3 Å². The van der Waals surface area contributed by atoms with Gasteiger partial charge in [0.25, 0.3) is 5.56 Å². The summed E-state index contributed by atoms with van der Waals surface area (Å²) in [5.74, 6) is 0.683. The van der Waals surface area contributed by atoms with Crippen molar-refractivity contribution in [1.82, 2.24) is 14.9 Å². The number of aromatic nitrogens is 2. The van der Waals surface area contributed by atoms with Crippen LogP contribution in [-0.4, -0.2) is 28.6 Å². The number of nitrogens with zero attached hydrogens (tertiary/aromatic N) is 2. The molecule has 0 aliphatic heterocycles. The molecule has 0 spiro atoms. The monoisotopic (exact) mass is 413 g/mol. The summed E-state index contributed by atoms with van der Waals surface area (Å²) in [6, 6.07) is 11.0. The smallest absolute Gasteiger partial charge is 0.261 e. The van der Waals surface area contributed by atoms with Crippen LogP contribution in [0.5, 0.6) is 5.75 Å². The Morgan fingerprint density at radius 3 is 2.83 bits per heavy atom. The lowest BCUT2D eigenvalue weighted by Crippen LogP contribution is -2.29. The molecule has 3 rings (SSSR count). The van der Waals surface area contributed by atoms with Crippen LogP contribution in [0.25, 0.3) is 10.9 Å². The number of para-hydroxylation sites is 1. The minimum Gasteiger partial charge on any atom is -0.493 e. The van der Waals surface area contributed by atoms with E-state index in [1.165, 1.54) is 10.9 Å². The number of halogens is 1. The third-order valence-corrected chi connectivity index (χ3v) is 4.91. The van der Waals surface area contributed by atoms with E-state index in [4.69, 9.17) is 16.3 Å². The van der Waals surface area contributed by atoms with E-state index in [1.54, 1.807) is 12.1 Å². The molecule has 1 heterocycles. The molecule has 2 aromatic carbocycles. The number of hydrogen-bond acceptors (Lipinski definition) is 4. The molecule has 0 aliphatic carbocycles. The third-order valence-electron chi connectivity index (χ3n) is 4.67. The number of carbonyl (C=O) groups is 1. The van der Waals surface area contributed by atoms with Crippen molar-refractivity contribution < 1.29 is 9.53 Å². The molecule has 0 atom stereocenters. The molecular weight excluding hydrogens is 390 g/mol. The lowest BCUT2D eigenvalue weighted by molar-refractivity contribution is -0.121. The molecule has 7 heteroatoms. The Kier molecular flexibility index (Phi) is 6.88. The molecule has 0 aliphatic rings. The molecule has 29 heavy (non-hydrogen) atoms. The molecule has 3 aromatic rings. The fourth-order valence-electron chi connectivity index (χ4n) is 3.06. The van der Waals surface area contributed by atoms with Gasteiger partial charge in [0, 0.05) is 24.5 Å². The Morgan fingerprint density at radius 2 is 2.03 bits per heavy atom. The zero-order valence-corrected chi connectivity index (χ0v) is 17.3. The molecule has 0 fully saturated rings. The predicted molar refractivity (Wildman–Crippen MR) is 115 cm³/mol. The average molecular weight is 414 g/mol. The van der Waals surface area contributed by atoms with Crippen molar-refractivity contribution in [2.75, 3.05) is 13.2 Å². The Labute approximate surface area is 174 Å². The average Bonchev–Trinajstić information content (AvgIpc) is 2.69. The first kappa shape index (κ1) is 20.9. The van der Waals surface area contributed by atoms with Crippen LogP contribution >= 0.6 is 11.6 Å². The normalized spacial score (nSPS) is 10.9. The maximum atomic E-state index is 12.5. The number of aryl methyl sites for hydroxylation is 3. The highest BCUT2D eigenvalue weighted by atomic mass is 35.5. The van der Waals surface area contributed by atoms with Crippen LogP contribution in [0, 0.1) is 13.8 Å². The van der Waals surface area contributed by atoms with E-state index in [1.807, 2.05) is 38.1 Å². The fraction of sp³-hybridized carbons (Fsp3) is 0.318. The van der Waals surface area contributed by atoms with Crippen LogP contribution in [0.1, 0.15) is 24.0 Å². The fourth-order valence-corrected chi connectivity index (χ4v) is 3.29. The second-order valence-electron chi connectivity index (χ2n) is 6.93. The summed E-state index contributed by atoms with van der Waals surface area (Å²) in [4.78, 5) is 29.0. The van der Waals surface area contributed by atoms with Gasteiger partial charge >= 0.3 is 0 Å². The van der Waals surface area contributed by atoms with Gasteiger partial charge < -0.3 is 10.1 Å². The number of nitrogens with one attached hydrogen (secondary N) is 1. The largest absolute Gasteiger partial charge is 0.493 e. The molecule has 0 radical (unpaired) electrons. The second-order valence-corrected chi connectivity index (χ2v) is 7.36. The molecule has 0 saturated heterocycles. The summed E-state index contributed by atoms with van der Waals surface area (Å²) in [7, 11) is 0. The van der Waals surface area contributed by atoms with Crippen LogP contribution in [0.2, 0.25) is 5.02 Å². The molecule has 0 unspecified atom stereocenters. The van der Waals surface area contributed by atoms with Crippen LogP contribution in [0.4, 0.5) is 0 Å². The molecular formula is C22H24ClN3O3. The lowest BCUT2D eigenvalue weighted by Gasteiger charge is -2.10. The minimum atomic E-state index is -0.127. The van der Waals surface area contributed by atoms with Gasteiger partial charge in [0.15, 0.2) is 0 Å². The maximum Gasteiger partial charge on any atom is 0.261 e. The third kappa shape index (κ3) is 5.35. The highest BCUT2D eigenvalue weighted by molar-refractivity contribution is 6.30. The number of ether oxygens (including phenoxy) is 1. The molecule has 0 bridgehead atoms. The molecule has 152 valence electrons. The van der Waals surface area contributed by atoms with Crippen molar-refractivity contribution in [1.29, 1.82) is 0 Å². The SMILES string of the molecule is Cc1cc(Cl)ccc1OCCCNC(=O)CCn1cnc2c(C)cccc2c1=O. The molecule has 6 nitrogen and oxygen atoms in total. The topological polar surface area (TPSA) is 73.2 Å². The van der Waals surface area contributed by atoms with Crippen LogP contribution < -0.4 is 15.6 Å². The van der Waals surface area contributed by atoms with Crippen molar-refractivity contribution >= 4 is 28.4 Å². The van der Waals surface area contributed by atoms with Gasteiger partial charge in [-0.25, -0.2) is 4.98 Å². The summed E-state index contributed by atoms with van der Waals surface area (Å²) in [5, 5.41) is 4.10. The molecule has 1 N–H and O–H groups in total. The van der Waals surface area contributed by atoms with E-state index in [0.29, 0.717) is 42.0 Å². The van der Waals surface area contributed by atoms with Crippen molar-refractivity contribution in [3.8, 4) is 5.75 Å². The molecule has 0 saturated carbocycles. The van der Waals surface area contributed by atoms with Crippen molar-refractivity contribution in [3.05, 3.63) is 69.2 Å². The van der Waals surface area contributed by atoms with Gasteiger partial charge in [0.05, 0.1) is 23.8 Å². The number of rotatable bonds is 8. The Bertz CT molecular complexity index is 1080. The number of amides is 1. The van der Waals surface area contributed by atoms with E-state index >= 15 is 0 Å². The van der Waals surface area contributed by atoms with Crippen LogP contribution in [0.3, 0.4) is 0 Å². The van der Waals surface area contributed by atoms with E-state index < -0.39 is 0 Å². The van der Waals surface area contributed by atoms with Crippen LogP contribution in [-0.2, 0) is 11.3 Å². The van der Waals surface area contributed by atoms with Crippen molar-refractivity contribution in [2.45, 2.75) is 33.2 Å². The summed E-state index contributed by atoms with van der Waals surface area (Å²) >= 11 is 5.93. The van der Waals surface area contributed by atoms with Gasteiger partial charge in [-0.15, -0.1) is 0 Å². The number of benzene rings is 2. The Hall–Kier alpha value is -2.86. The quantitative estimate of drug-likeness (QED) is 0.572. The maximum absolute atomic E-state index is 12.5. The van der Waals surface area contributed by atoms with E-state index in [0.717, 1.165) is 16.9 Å². The first-order valence-electron chi connectivity index (χ1n) is 9.56. The zero-order chi connectivity index (χ0) is 20.8. The molecule has 1 amide bonds. The highest BCUT2D eigenvalue weighted by Crippen LogP contribution is 2.21. The summed E-state index contributed by atoms with van der Waals surface area (Å²) in [5.41, 5.74) is 2.51. The first-order valence-corrected chi connectivity index (χ1v) is 9.94. The number of carbonyl (C=O) groups excluding carboxylic acids is 1. The highest BCUT2D eigenvalue weighted by Gasteiger charge is 2.08. The van der Waals surface area contributed by atoms with Crippen LogP contribution in [0.15, 0.2) is 47.5 Å². The van der Waals surface area contributed by atoms with Gasteiger partial charge in [-0.2, -0.15) is 0 Å². The predicted octanol–water partition coefficient (Wildman–Crippen LogP) is 3.64. The lowest BCUT2D eigenvalue weighted by atomic mass is 10.1. The van der Waals surface area contributed by atoms with E-state index in [-0.39, 0.29) is 17.9 Å². The van der Waals surface area contributed by atoms with Gasteiger partial charge in [0.1, 0.15) is 5.75 Å². The number of fused-ring (bicyclic) bond motifs is 1. The standard InChI is InChI=1S/C22H24ClN3O3/c1-15-5-3-6-18-21(15)25-14-26(22(18)28)11-9-20(27)24-10-4-12-29-19-8-7-17(23)13-16(19)2/h3,5-8,13-14H,4,9-12H2,1-2H3,(H,24,27). The Morgan fingerprint density at radius 1 is 1.21 bits per heavy atom. The minimum absolute atomic E-state index is 0.107. The summed E-state index contributed by atoms with van der Waals surface area (Å²) in [6.45, 7) is 5.16. The molecule has 1 aromatic heterocycles. The van der Waals surface area contributed by atoms with Gasteiger partial charge in [0.2, 0.25) is 5.91 Å². The zero-order valence-electron chi connectivity index (χ0n) is 16.6. The second kappa shape index (κ2) is 9.56. The van der Waals surface area contributed by atoms with Crippen molar-refractivity contribution in [2.24, 2.45) is 0 Å². The Balaban J connectivity index is 1.43. The van der Waals surface area contributed by atoms with Gasteiger partial charge in [-0.1, -0.05) is 23.7 Å². The van der Waals surface area contributed by atoms with E-state index in [9.17, 15) is 9.59 Å². The first-order chi connectivity index (χ1) is 14.0. The summed E-state index contributed by atoms with van der Waals surface area (Å²) < 4.78 is 7.19. The summed E-state index contributed by atoms with van der Waals surface area (Å²) in [6.07, 6.45) is 2.41. The number of hydrogen-bond donors (Lipinski definition) is 1.